The molecule has 0 aliphatic rings. The fraction of sp³-hybridized carbons (Fsp3) is 0.688. The predicted molar refractivity (Wildman–Crippen MR) is 89.4 cm³/mol. The van der Waals surface area contributed by atoms with Crippen molar-refractivity contribution in [3.63, 3.8) is 0 Å². The highest BCUT2D eigenvalue weighted by Gasteiger charge is 2.70. The average Bonchev–Trinajstić information content (AvgIpc) is 2.60. The van der Waals surface area contributed by atoms with Crippen molar-refractivity contribution in [2.24, 2.45) is 0 Å². The molecule has 0 aromatic carbocycles. The minimum absolute atomic E-state index is 0.232. The number of ether oxygens (including phenoxy) is 1. The van der Waals surface area contributed by atoms with Gasteiger partial charge in [0, 0.05) is 13.8 Å². The third kappa shape index (κ3) is 4.42. The minimum Gasteiger partial charge on any atom is -0.437 e. The maximum Gasteiger partial charge on any atom is 0.304 e. The molecule has 0 saturated heterocycles. The summed E-state index contributed by atoms with van der Waals surface area (Å²) < 4.78 is 4.74. The van der Waals surface area contributed by atoms with Crippen LogP contribution in [0.4, 0.5) is 0 Å². The van der Waals surface area contributed by atoms with Gasteiger partial charge in [0.25, 0.3) is 11.5 Å². The Kier molecular flexibility index (Phi) is 9.01. The first kappa shape index (κ1) is 25.8. The number of hydrogen-bond donors (Lipinski definition) is 5. The number of esters is 1. The molecule has 0 unspecified atom stereocenters. The summed E-state index contributed by atoms with van der Waals surface area (Å²) in [4.78, 5) is 61.5. The molecule has 0 aliphatic carbocycles. The minimum atomic E-state index is -3.58. The standard InChI is InChI=1S/C16H25NO11/c1-8(20)15(27,13(25)12(24)7-19)16(9(2)21,28-11(4)23)14(26)17(5-6-18)10(3)22/h12-13,18-19,24-25,27H,5-7H2,1-4H3/t12-,13-,15+,16+/m1/s1. The first-order valence-electron chi connectivity index (χ1n) is 8.10. The van der Waals surface area contributed by atoms with Crippen molar-refractivity contribution in [2.75, 3.05) is 19.8 Å². The molecular weight excluding hydrogens is 382 g/mol. The first-order valence-corrected chi connectivity index (χ1v) is 8.10. The summed E-state index contributed by atoms with van der Waals surface area (Å²) in [5.41, 5.74) is -7.06. The number of carbonyl (C=O) groups excluding carboxylic acids is 5. The SMILES string of the molecule is CC(=O)O[C@@](C(C)=O)(C(=O)N(CCO)C(C)=O)[C@](O)(C(C)=O)[C@H](O)[C@H](O)CO. The van der Waals surface area contributed by atoms with Crippen molar-refractivity contribution in [2.45, 2.75) is 51.1 Å². The van der Waals surface area contributed by atoms with E-state index in [1.807, 2.05) is 0 Å². The van der Waals surface area contributed by atoms with Gasteiger partial charge in [0.05, 0.1) is 19.8 Å². The van der Waals surface area contributed by atoms with E-state index in [0.29, 0.717) is 13.8 Å². The molecule has 0 fully saturated rings. The Labute approximate surface area is 160 Å². The first-order chi connectivity index (χ1) is 12.7. The molecule has 28 heavy (non-hydrogen) atoms. The maximum absolute atomic E-state index is 13.1. The molecule has 12 heteroatoms. The number of aliphatic hydroxyl groups excluding tert-OH is 4. The van der Waals surface area contributed by atoms with Crippen LogP contribution in [0, 0.1) is 0 Å². The van der Waals surface area contributed by atoms with Crippen LogP contribution in [0.5, 0.6) is 0 Å². The summed E-state index contributed by atoms with van der Waals surface area (Å²) in [6.07, 6.45) is -4.91. The summed E-state index contributed by atoms with van der Waals surface area (Å²) in [6, 6.07) is 0. The Morgan fingerprint density at radius 2 is 1.46 bits per heavy atom. The molecule has 0 heterocycles. The zero-order valence-corrected chi connectivity index (χ0v) is 15.9. The number of imide groups is 1. The molecule has 0 aromatic heterocycles. The van der Waals surface area contributed by atoms with E-state index in [2.05, 4.69) is 0 Å². The van der Waals surface area contributed by atoms with Gasteiger partial charge in [0.15, 0.2) is 11.6 Å². The van der Waals surface area contributed by atoms with Gasteiger partial charge in [-0.25, -0.2) is 0 Å². The molecule has 0 aliphatic heterocycles. The zero-order valence-electron chi connectivity index (χ0n) is 15.9. The Balaban J connectivity index is 7.10. The van der Waals surface area contributed by atoms with Gasteiger partial charge in [-0.1, -0.05) is 0 Å². The van der Waals surface area contributed by atoms with Crippen LogP contribution in [0.2, 0.25) is 0 Å². The molecule has 12 nitrogen and oxygen atoms in total. The lowest BCUT2D eigenvalue weighted by Gasteiger charge is -2.46. The van der Waals surface area contributed by atoms with E-state index in [0.717, 1.165) is 13.8 Å². The summed E-state index contributed by atoms with van der Waals surface area (Å²) >= 11 is 0. The third-order valence-corrected chi connectivity index (χ3v) is 4.10. The smallest absolute Gasteiger partial charge is 0.304 e. The van der Waals surface area contributed by atoms with Crippen molar-refractivity contribution in [3.8, 4) is 0 Å². The number of nitrogens with zero attached hydrogens (tertiary/aromatic N) is 1. The van der Waals surface area contributed by atoms with Crippen LogP contribution in [0.3, 0.4) is 0 Å². The van der Waals surface area contributed by atoms with Gasteiger partial charge >= 0.3 is 5.97 Å². The normalized spacial score (nSPS) is 17.5. The van der Waals surface area contributed by atoms with E-state index < -0.39 is 72.5 Å². The van der Waals surface area contributed by atoms with Crippen LogP contribution in [0.1, 0.15) is 27.7 Å². The number of hydrogen-bond acceptors (Lipinski definition) is 11. The van der Waals surface area contributed by atoms with Crippen molar-refractivity contribution >= 4 is 29.4 Å². The van der Waals surface area contributed by atoms with E-state index in [1.54, 1.807) is 0 Å². The molecule has 160 valence electrons. The molecule has 0 bridgehead atoms. The summed E-state index contributed by atoms with van der Waals surface area (Å²) in [7, 11) is 0. The summed E-state index contributed by atoms with van der Waals surface area (Å²) in [6.45, 7) is 0.182. The fourth-order valence-electron chi connectivity index (χ4n) is 2.73. The molecule has 0 radical (unpaired) electrons. The highest BCUT2D eigenvalue weighted by Crippen LogP contribution is 2.36. The lowest BCUT2D eigenvalue weighted by atomic mass is 9.70. The summed E-state index contributed by atoms with van der Waals surface area (Å²) in [5, 5.41) is 49.1. The van der Waals surface area contributed by atoms with Crippen LogP contribution in [-0.2, 0) is 28.7 Å². The third-order valence-electron chi connectivity index (χ3n) is 4.10. The average molecular weight is 407 g/mol. The quantitative estimate of drug-likeness (QED) is 0.176. The van der Waals surface area contributed by atoms with Crippen molar-refractivity contribution in [1.29, 1.82) is 0 Å². The Bertz CT molecular complexity index is 649. The Morgan fingerprint density at radius 3 is 1.75 bits per heavy atom. The topological polar surface area (TPSA) is 199 Å². The lowest BCUT2D eigenvalue weighted by molar-refractivity contribution is -0.230. The van der Waals surface area contributed by atoms with Gasteiger partial charge in [-0.15, -0.1) is 0 Å². The lowest BCUT2D eigenvalue weighted by Crippen LogP contribution is -2.77. The zero-order chi connectivity index (χ0) is 22.4. The molecule has 0 saturated carbocycles. The van der Waals surface area contributed by atoms with Gasteiger partial charge in [0.2, 0.25) is 11.5 Å². The van der Waals surface area contributed by atoms with Gasteiger partial charge in [-0.3, -0.25) is 28.9 Å². The molecule has 0 aromatic rings. The molecule has 5 N–H and O–H groups in total. The number of ketones is 2. The van der Waals surface area contributed by atoms with Crippen LogP contribution < -0.4 is 0 Å². The summed E-state index contributed by atoms with van der Waals surface area (Å²) in [5.74, 6) is -7.05. The number of carbonyl (C=O) groups is 5. The van der Waals surface area contributed by atoms with Crippen LogP contribution in [0.15, 0.2) is 0 Å². The number of amides is 2. The van der Waals surface area contributed by atoms with E-state index >= 15 is 0 Å². The fourth-order valence-corrected chi connectivity index (χ4v) is 2.73. The van der Waals surface area contributed by atoms with Crippen molar-refractivity contribution < 1.29 is 54.2 Å². The van der Waals surface area contributed by atoms with Crippen molar-refractivity contribution in [3.05, 3.63) is 0 Å². The van der Waals surface area contributed by atoms with Crippen LogP contribution >= 0.6 is 0 Å². The maximum atomic E-state index is 13.1. The Hall–Kier alpha value is -2.25. The molecular formula is C16H25NO11. The van der Waals surface area contributed by atoms with Crippen LogP contribution in [0.25, 0.3) is 0 Å². The highest BCUT2D eigenvalue weighted by atomic mass is 16.6. The molecule has 4 atom stereocenters. The number of rotatable bonds is 10. The molecule has 0 spiro atoms. The largest absolute Gasteiger partial charge is 0.437 e. The van der Waals surface area contributed by atoms with Crippen molar-refractivity contribution in [1.82, 2.24) is 4.90 Å². The van der Waals surface area contributed by atoms with Gasteiger partial charge < -0.3 is 30.3 Å². The van der Waals surface area contributed by atoms with E-state index in [1.165, 1.54) is 0 Å². The molecule has 2 amide bonds. The van der Waals surface area contributed by atoms with E-state index in [4.69, 9.17) is 14.9 Å². The number of Topliss-reactive ketones (excluding diaryl/α,β-unsaturated/α-hetero) is 2. The van der Waals surface area contributed by atoms with E-state index in [-0.39, 0.29) is 4.90 Å². The second-order valence-electron chi connectivity index (χ2n) is 6.05. The van der Waals surface area contributed by atoms with Gasteiger partial charge in [-0.2, -0.15) is 0 Å². The molecule has 0 rings (SSSR count). The monoisotopic (exact) mass is 407 g/mol. The Morgan fingerprint density at radius 1 is 0.964 bits per heavy atom. The second-order valence-corrected chi connectivity index (χ2v) is 6.05. The van der Waals surface area contributed by atoms with E-state index in [9.17, 15) is 39.3 Å². The predicted octanol–water partition coefficient (Wildman–Crippen LogP) is -3.72. The van der Waals surface area contributed by atoms with Gasteiger partial charge in [-0.05, 0) is 13.8 Å². The van der Waals surface area contributed by atoms with Gasteiger partial charge in [0.1, 0.15) is 12.2 Å². The van der Waals surface area contributed by atoms with Crippen LogP contribution in [-0.4, -0.2) is 103 Å². The number of aliphatic hydroxyl groups is 5. The highest BCUT2D eigenvalue weighted by molar-refractivity contribution is 6.18. The second kappa shape index (κ2) is 9.80.